The minimum Gasteiger partial charge on any atom is -0.491 e. The quantitative estimate of drug-likeness (QED) is 0.254. The molecule has 2 N–H and O–H groups in total. The van der Waals surface area contributed by atoms with Crippen LogP contribution in [0, 0.1) is 5.92 Å². The van der Waals surface area contributed by atoms with E-state index in [0.29, 0.717) is 32.7 Å². The molecule has 0 saturated heterocycles. The summed E-state index contributed by atoms with van der Waals surface area (Å²) in [5, 5.41) is 10.5. The lowest BCUT2D eigenvalue weighted by Gasteiger charge is -2.34. The number of carbonyl (C=O) groups excluding carboxylic acids is 2. The Hall–Kier alpha value is -2.88. The maximum atomic E-state index is 14.2. The van der Waals surface area contributed by atoms with Gasteiger partial charge in [0, 0.05) is 48.5 Å². The fourth-order valence-electron chi connectivity index (χ4n) is 5.92. The highest BCUT2D eigenvalue weighted by molar-refractivity contribution is 8.03. The summed E-state index contributed by atoms with van der Waals surface area (Å²) in [7, 11) is 3.52. The molecule has 2 aromatic rings. The first-order chi connectivity index (χ1) is 20.9. The van der Waals surface area contributed by atoms with E-state index in [9.17, 15) is 9.59 Å². The monoisotopic (exact) mass is 608 g/mol. The molecule has 8 nitrogen and oxygen atoms in total. The second kappa shape index (κ2) is 16.8. The van der Waals surface area contributed by atoms with Crippen molar-refractivity contribution >= 4 is 45.8 Å². The molecule has 2 aliphatic rings. The number of ether oxygens (including phenoxy) is 2. The number of benzene rings is 2. The number of fused-ring (bicyclic) bond motifs is 1. The van der Waals surface area contributed by atoms with Crippen molar-refractivity contribution in [2.24, 2.45) is 10.9 Å². The molecule has 9 heteroatoms. The van der Waals surface area contributed by atoms with Crippen LogP contribution in [0.3, 0.4) is 0 Å². The number of methoxy groups -OCH3 is 1. The van der Waals surface area contributed by atoms with E-state index in [4.69, 9.17) is 14.5 Å². The second-order valence-electron chi connectivity index (χ2n) is 11.6. The number of hydrogen-bond donors (Lipinski definition) is 2. The summed E-state index contributed by atoms with van der Waals surface area (Å²) in [6.45, 7) is 6.17. The lowest BCUT2D eigenvalue weighted by Crippen LogP contribution is -2.54. The van der Waals surface area contributed by atoms with Crippen molar-refractivity contribution in [1.29, 1.82) is 0 Å². The van der Waals surface area contributed by atoms with E-state index in [-0.39, 0.29) is 23.8 Å². The van der Waals surface area contributed by atoms with Crippen molar-refractivity contribution < 1.29 is 19.1 Å². The van der Waals surface area contributed by atoms with Gasteiger partial charge >= 0.3 is 0 Å². The van der Waals surface area contributed by atoms with Gasteiger partial charge in [-0.25, -0.2) is 0 Å². The van der Waals surface area contributed by atoms with Crippen LogP contribution in [-0.2, 0) is 14.3 Å². The second-order valence-corrected chi connectivity index (χ2v) is 12.4. The van der Waals surface area contributed by atoms with Crippen molar-refractivity contribution in [1.82, 2.24) is 15.5 Å². The Balaban J connectivity index is 1.56. The number of carbonyl (C=O) groups is 2. The van der Waals surface area contributed by atoms with Crippen molar-refractivity contribution in [2.75, 3.05) is 46.2 Å². The van der Waals surface area contributed by atoms with Gasteiger partial charge in [0.05, 0.1) is 18.8 Å². The minimum absolute atomic E-state index is 0.0195. The molecule has 4 rings (SSSR count). The van der Waals surface area contributed by atoms with E-state index in [1.54, 1.807) is 18.9 Å². The fourth-order valence-corrected chi connectivity index (χ4v) is 6.69. The number of amides is 2. The van der Waals surface area contributed by atoms with Crippen molar-refractivity contribution in [3.63, 3.8) is 0 Å². The van der Waals surface area contributed by atoms with Crippen LogP contribution in [0.15, 0.2) is 46.8 Å². The molecule has 0 aromatic heterocycles. The third-order valence-corrected chi connectivity index (χ3v) is 9.19. The number of nitrogens with zero attached hydrogens (tertiary/aromatic N) is 2. The predicted octanol–water partition coefficient (Wildman–Crippen LogP) is 5.65. The van der Waals surface area contributed by atoms with Crippen molar-refractivity contribution in [3.05, 3.63) is 47.4 Å². The highest BCUT2D eigenvalue weighted by Crippen LogP contribution is 2.35. The van der Waals surface area contributed by atoms with Crippen LogP contribution in [-0.4, -0.2) is 80.7 Å². The number of hydrogen-bond acceptors (Lipinski definition) is 7. The summed E-state index contributed by atoms with van der Waals surface area (Å²) in [5.41, 5.74) is 2.90. The Bertz CT molecular complexity index is 1290. The third kappa shape index (κ3) is 9.06. The number of aliphatic imine (C=N–C) groups is 1. The molecule has 1 fully saturated rings. The molecule has 1 heterocycles. The summed E-state index contributed by atoms with van der Waals surface area (Å²) in [6, 6.07) is 11.8. The minimum atomic E-state index is -0.496. The van der Waals surface area contributed by atoms with Gasteiger partial charge in [0.2, 0.25) is 11.8 Å². The van der Waals surface area contributed by atoms with Gasteiger partial charge < -0.3 is 25.0 Å². The molecule has 2 amide bonds. The maximum Gasteiger partial charge on any atom is 0.245 e. The van der Waals surface area contributed by atoms with E-state index in [1.165, 1.54) is 6.42 Å². The molecule has 2 aromatic carbocycles. The lowest BCUT2D eigenvalue weighted by molar-refractivity contribution is -0.138. The molecule has 43 heavy (non-hydrogen) atoms. The molecule has 0 bridgehead atoms. The molecule has 1 aliphatic heterocycles. The van der Waals surface area contributed by atoms with Crippen molar-refractivity contribution in [3.8, 4) is 5.75 Å². The first-order valence-electron chi connectivity index (χ1n) is 15.7. The van der Waals surface area contributed by atoms with Gasteiger partial charge in [-0.15, -0.1) is 11.8 Å². The van der Waals surface area contributed by atoms with Gasteiger partial charge in [0.15, 0.2) is 0 Å². The fraction of sp³-hybridized carbons (Fsp3) is 0.559. The highest BCUT2D eigenvalue weighted by atomic mass is 32.2. The highest BCUT2D eigenvalue weighted by Gasteiger charge is 2.34. The van der Waals surface area contributed by atoms with Crippen LogP contribution in [0.1, 0.15) is 64.4 Å². The average molecular weight is 609 g/mol. The van der Waals surface area contributed by atoms with E-state index in [1.807, 2.05) is 37.1 Å². The SMILES string of the molecule is CCCN(CC1=NC(c2ccc(OCCOC)c3ccccc23)=CSC1)C(=O)C(NC(=O)C[C@H](C)NC)C1CCCCC1. The summed E-state index contributed by atoms with van der Waals surface area (Å²) < 4.78 is 11.1. The molecule has 0 spiro atoms. The van der Waals surface area contributed by atoms with Gasteiger partial charge in [-0.05, 0) is 62.1 Å². The lowest BCUT2D eigenvalue weighted by atomic mass is 9.83. The summed E-state index contributed by atoms with van der Waals surface area (Å²) in [6.07, 6.45) is 6.53. The number of thioether (sulfide) groups is 1. The predicted molar refractivity (Wildman–Crippen MR) is 178 cm³/mol. The van der Waals surface area contributed by atoms with Crippen LogP contribution < -0.4 is 15.4 Å². The van der Waals surface area contributed by atoms with E-state index in [2.05, 4.69) is 41.2 Å². The van der Waals surface area contributed by atoms with Gasteiger partial charge in [0.1, 0.15) is 18.4 Å². The Kier molecular flexibility index (Phi) is 12.9. The van der Waals surface area contributed by atoms with Crippen LogP contribution >= 0.6 is 11.8 Å². The molecule has 2 atom stereocenters. The topological polar surface area (TPSA) is 92.3 Å². The molecule has 1 aliphatic carbocycles. The van der Waals surface area contributed by atoms with E-state index < -0.39 is 6.04 Å². The Morgan fingerprint density at radius 3 is 2.58 bits per heavy atom. The maximum absolute atomic E-state index is 14.2. The standard InChI is InChI=1S/C34H48N4O4S/c1-5-17-38(34(40)33(25-11-7-6-8-12-25)37-32(39)20-24(2)35-3)21-26-22-43-23-30(36-26)28-15-16-31(42-19-18-41-4)29-14-10-9-13-27(28)29/h9-10,13-16,23-25,33,35H,5-8,11-12,17-22H2,1-4H3,(H,37,39)/t24-,33?/m0/s1. The Labute approximate surface area is 261 Å². The van der Waals surface area contributed by atoms with Gasteiger partial charge in [-0.2, -0.15) is 0 Å². The largest absolute Gasteiger partial charge is 0.491 e. The third-order valence-electron chi connectivity index (χ3n) is 8.30. The van der Waals surface area contributed by atoms with Crippen molar-refractivity contribution in [2.45, 2.75) is 70.9 Å². The Morgan fingerprint density at radius 2 is 1.86 bits per heavy atom. The van der Waals surface area contributed by atoms with Crippen LogP contribution in [0.4, 0.5) is 0 Å². The smallest absolute Gasteiger partial charge is 0.245 e. The first-order valence-corrected chi connectivity index (χ1v) is 16.8. The zero-order chi connectivity index (χ0) is 30.6. The molecular weight excluding hydrogens is 560 g/mol. The molecular formula is C34H48N4O4S. The molecule has 234 valence electrons. The molecule has 1 saturated carbocycles. The van der Waals surface area contributed by atoms with Crippen LogP contribution in [0.5, 0.6) is 5.75 Å². The normalized spacial score (nSPS) is 17.1. The van der Waals surface area contributed by atoms with Crippen LogP contribution in [0.2, 0.25) is 0 Å². The number of nitrogens with one attached hydrogen (secondary N) is 2. The van der Waals surface area contributed by atoms with Gasteiger partial charge in [0.25, 0.3) is 0 Å². The van der Waals surface area contributed by atoms with Gasteiger partial charge in [-0.3, -0.25) is 14.6 Å². The Morgan fingerprint density at radius 1 is 1.09 bits per heavy atom. The van der Waals surface area contributed by atoms with E-state index >= 15 is 0 Å². The number of rotatable bonds is 15. The van der Waals surface area contributed by atoms with Crippen LogP contribution in [0.25, 0.3) is 16.5 Å². The average Bonchev–Trinajstić information content (AvgIpc) is 3.03. The first kappa shape index (κ1) is 33.0. The molecule has 1 unspecified atom stereocenters. The van der Waals surface area contributed by atoms with E-state index in [0.717, 1.165) is 71.4 Å². The summed E-state index contributed by atoms with van der Waals surface area (Å²) in [5.74, 6) is 1.67. The zero-order valence-electron chi connectivity index (χ0n) is 26.2. The molecule has 0 radical (unpaired) electrons. The zero-order valence-corrected chi connectivity index (χ0v) is 27.0. The summed E-state index contributed by atoms with van der Waals surface area (Å²) in [4.78, 5) is 34.2. The van der Waals surface area contributed by atoms with Gasteiger partial charge in [-0.1, -0.05) is 50.5 Å². The summed E-state index contributed by atoms with van der Waals surface area (Å²) >= 11 is 1.71.